The average molecular weight is 270 g/mol. The second-order valence-electron chi connectivity index (χ2n) is 5.78. The van der Waals surface area contributed by atoms with Crippen LogP contribution in [0.3, 0.4) is 0 Å². The van der Waals surface area contributed by atoms with Crippen molar-refractivity contribution in [1.82, 2.24) is 0 Å². The zero-order valence-corrected chi connectivity index (χ0v) is 11.5. The van der Waals surface area contributed by atoms with E-state index in [0.29, 0.717) is 12.3 Å². The van der Waals surface area contributed by atoms with E-state index >= 15 is 0 Å². The summed E-state index contributed by atoms with van der Waals surface area (Å²) in [5.74, 6) is -1.41. The van der Waals surface area contributed by atoms with Crippen LogP contribution in [-0.2, 0) is 19.1 Å². The summed E-state index contributed by atoms with van der Waals surface area (Å²) in [6.45, 7) is 1.98. The molecule has 19 heavy (non-hydrogen) atoms. The molecule has 1 aliphatic heterocycles. The molecule has 0 amide bonds. The molecule has 0 aromatic rings. The average Bonchev–Trinajstić information content (AvgIpc) is 3.18. The Morgan fingerprint density at radius 2 is 2.05 bits per heavy atom. The van der Waals surface area contributed by atoms with E-state index < -0.39 is 17.9 Å². The van der Waals surface area contributed by atoms with Crippen molar-refractivity contribution < 1.29 is 24.2 Å². The third-order valence-electron chi connectivity index (χ3n) is 4.23. The molecule has 2 rings (SSSR count). The predicted octanol–water partition coefficient (Wildman–Crippen LogP) is 1.84. The molecule has 0 radical (unpaired) electrons. The fourth-order valence-electron chi connectivity index (χ4n) is 3.05. The van der Waals surface area contributed by atoms with Gasteiger partial charge in [-0.1, -0.05) is 0 Å². The van der Waals surface area contributed by atoms with Crippen LogP contribution in [0.1, 0.15) is 39.0 Å². The number of ether oxygens (including phenoxy) is 2. The number of rotatable bonds is 5. The van der Waals surface area contributed by atoms with Gasteiger partial charge in [0.05, 0.1) is 31.7 Å². The second-order valence-corrected chi connectivity index (χ2v) is 5.78. The van der Waals surface area contributed by atoms with Gasteiger partial charge in [0.1, 0.15) is 0 Å². The van der Waals surface area contributed by atoms with Crippen LogP contribution in [0.15, 0.2) is 0 Å². The van der Waals surface area contributed by atoms with Gasteiger partial charge in [-0.05, 0) is 44.4 Å². The van der Waals surface area contributed by atoms with Crippen LogP contribution >= 0.6 is 0 Å². The monoisotopic (exact) mass is 270 g/mol. The minimum atomic E-state index is -0.904. The molecule has 0 aromatic heterocycles. The summed E-state index contributed by atoms with van der Waals surface area (Å²) >= 11 is 0. The van der Waals surface area contributed by atoms with Gasteiger partial charge in [-0.25, -0.2) is 0 Å². The zero-order chi connectivity index (χ0) is 14.0. The highest BCUT2D eigenvalue weighted by molar-refractivity contribution is 5.79. The largest absolute Gasteiger partial charge is 0.481 e. The molecule has 0 unspecified atom stereocenters. The van der Waals surface area contributed by atoms with Gasteiger partial charge in [-0.15, -0.1) is 0 Å². The van der Waals surface area contributed by atoms with E-state index in [1.165, 1.54) is 20.0 Å². The number of carboxylic acid groups (broad SMARTS) is 1. The summed E-state index contributed by atoms with van der Waals surface area (Å²) in [5, 5.41) is 9.35. The van der Waals surface area contributed by atoms with Crippen molar-refractivity contribution >= 4 is 11.9 Å². The maximum atomic E-state index is 11.4. The number of aliphatic carboxylic acids is 1. The summed E-state index contributed by atoms with van der Waals surface area (Å²) in [6, 6.07) is 0. The molecule has 4 atom stereocenters. The van der Waals surface area contributed by atoms with Crippen LogP contribution in [0.2, 0.25) is 0 Å². The van der Waals surface area contributed by atoms with Gasteiger partial charge in [0.2, 0.25) is 0 Å². The summed E-state index contributed by atoms with van der Waals surface area (Å²) in [5.41, 5.74) is 0. The van der Waals surface area contributed by atoms with E-state index in [-0.39, 0.29) is 24.5 Å². The smallest absolute Gasteiger partial charge is 0.307 e. The van der Waals surface area contributed by atoms with Gasteiger partial charge < -0.3 is 14.6 Å². The lowest BCUT2D eigenvalue weighted by molar-refractivity contribution is -0.156. The maximum absolute atomic E-state index is 11.4. The highest BCUT2D eigenvalue weighted by atomic mass is 16.5. The summed E-state index contributed by atoms with van der Waals surface area (Å²) < 4.78 is 10.5. The molecule has 5 nitrogen and oxygen atoms in total. The van der Waals surface area contributed by atoms with Gasteiger partial charge in [0, 0.05) is 0 Å². The van der Waals surface area contributed by atoms with Gasteiger partial charge in [-0.2, -0.15) is 0 Å². The van der Waals surface area contributed by atoms with Crippen molar-refractivity contribution in [3.63, 3.8) is 0 Å². The van der Waals surface area contributed by atoms with Gasteiger partial charge in [0.15, 0.2) is 0 Å². The molecule has 1 N–H and O–H groups in total. The first-order chi connectivity index (χ1) is 9.01. The Kier molecular flexibility index (Phi) is 4.45. The highest BCUT2D eigenvalue weighted by Crippen LogP contribution is 2.43. The van der Waals surface area contributed by atoms with Crippen LogP contribution in [0.4, 0.5) is 0 Å². The lowest BCUT2D eigenvalue weighted by atomic mass is 9.79. The Bertz CT molecular complexity index is 350. The Morgan fingerprint density at radius 3 is 2.58 bits per heavy atom. The topological polar surface area (TPSA) is 72.8 Å². The highest BCUT2D eigenvalue weighted by Gasteiger charge is 2.42. The molecule has 2 aliphatic rings. The summed E-state index contributed by atoms with van der Waals surface area (Å²) in [6.07, 6.45) is 4.02. The number of carbonyl (C=O) groups is 2. The Hall–Kier alpha value is -1.10. The third-order valence-corrected chi connectivity index (χ3v) is 4.23. The first kappa shape index (κ1) is 14.3. The lowest BCUT2D eigenvalue weighted by Crippen LogP contribution is -2.38. The van der Waals surface area contributed by atoms with Crippen LogP contribution in [0.25, 0.3) is 0 Å². The molecule has 0 spiro atoms. The number of hydrogen-bond acceptors (Lipinski definition) is 4. The van der Waals surface area contributed by atoms with Gasteiger partial charge in [-0.3, -0.25) is 9.59 Å². The minimum absolute atomic E-state index is 0.00551. The molecule has 108 valence electrons. The van der Waals surface area contributed by atoms with E-state index in [0.717, 1.165) is 6.42 Å². The summed E-state index contributed by atoms with van der Waals surface area (Å²) in [4.78, 5) is 22.8. The first-order valence-corrected chi connectivity index (χ1v) is 6.96. The standard InChI is InChI=1S/C14H22O5/c1-8-5-10(6-12(19-8)9-3-4-9)11(14(16)17)7-13(15)18-2/h8-12H,3-7H2,1-2H3,(H,16,17)/t8-,10-,11+,12+/m1/s1. The fraction of sp³-hybridized carbons (Fsp3) is 0.857. The number of carbonyl (C=O) groups excluding carboxylic acids is 1. The molecule has 5 heteroatoms. The Morgan fingerprint density at radius 1 is 1.37 bits per heavy atom. The second kappa shape index (κ2) is 5.90. The molecule has 1 saturated carbocycles. The van der Waals surface area contributed by atoms with Gasteiger partial charge >= 0.3 is 11.9 Å². The van der Waals surface area contributed by atoms with Crippen LogP contribution in [0, 0.1) is 17.8 Å². The predicted molar refractivity (Wildman–Crippen MR) is 67.5 cm³/mol. The lowest BCUT2D eigenvalue weighted by Gasteiger charge is -2.36. The van der Waals surface area contributed by atoms with Crippen molar-refractivity contribution in [2.24, 2.45) is 17.8 Å². The van der Waals surface area contributed by atoms with Crippen molar-refractivity contribution in [3.8, 4) is 0 Å². The van der Waals surface area contributed by atoms with Crippen LogP contribution in [0.5, 0.6) is 0 Å². The number of esters is 1. The SMILES string of the molecule is COC(=O)C[C@H](C(=O)O)[C@@H]1C[C@@H](C)O[C@H](C2CC2)C1. The van der Waals surface area contributed by atoms with E-state index in [9.17, 15) is 14.7 Å². The number of methoxy groups -OCH3 is 1. The van der Waals surface area contributed by atoms with E-state index in [1.807, 2.05) is 6.92 Å². The molecule has 0 bridgehead atoms. The van der Waals surface area contributed by atoms with Crippen molar-refractivity contribution in [3.05, 3.63) is 0 Å². The maximum Gasteiger partial charge on any atom is 0.307 e. The Balaban J connectivity index is 2.02. The third kappa shape index (κ3) is 3.69. The fourth-order valence-corrected chi connectivity index (χ4v) is 3.05. The van der Waals surface area contributed by atoms with Crippen LogP contribution < -0.4 is 0 Å². The van der Waals surface area contributed by atoms with Gasteiger partial charge in [0.25, 0.3) is 0 Å². The van der Waals surface area contributed by atoms with E-state index in [1.54, 1.807) is 0 Å². The van der Waals surface area contributed by atoms with Crippen molar-refractivity contribution in [1.29, 1.82) is 0 Å². The molecule has 1 heterocycles. The summed E-state index contributed by atoms with van der Waals surface area (Å²) in [7, 11) is 1.29. The van der Waals surface area contributed by atoms with E-state index in [2.05, 4.69) is 4.74 Å². The molecule has 0 aromatic carbocycles. The quantitative estimate of drug-likeness (QED) is 0.772. The molecule has 1 aliphatic carbocycles. The number of hydrogen-bond donors (Lipinski definition) is 1. The normalized spacial score (nSPS) is 32.6. The van der Waals surface area contributed by atoms with Crippen molar-refractivity contribution in [2.45, 2.75) is 51.2 Å². The molecule has 1 saturated heterocycles. The number of carboxylic acids is 1. The molecular weight excluding hydrogens is 248 g/mol. The zero-order valence-electron chi connectivity index (χ0n) is 11.5. The Labute approximate surface area is 113 Å². The van der Waals surface area contributed by atoms with E-state index in [4.69, 9.17) is 4.74 Å². The minimum Gasteiger partial charge on any atom is -0.481 e. The molecular formula is C14H22O5. The van der Waals surface area contributed by atoms with Crippen molar-refractivity contribution in [2.75, 3.05) is 7.11 Å². The molecule has 2 fully saturated rings. The first-order valence-electron chi connectivity index (χ1n) is 6.96. The van der Waals surface area contributed by atoms with Crippen LogP contribution in [-0.4, -0.2) is 36.4 Å².